The van der Waals surface area contributed by atoms with Crippen molar-refractivity contribution in [3.63, 3.8) is 0 Å². The second-order valence-electron chi connectivity index (χ2n) is 6.12. The summed E-state index contributed by atoms with van der Waals surface area (Å²) in [4.78, 5) is 26.6. The molecule has 4 heteroatoms. The minimum Gasteiger partial charge on any atom is -0.349 e. The van der Waals surface area contributed by atoms with Crippen LogP contribution >= 0.6 is 0 Å². The molecule has 1 saturated heterocycles. The van der Waals surface area contributed by atoms with Crippen LogP contribution < -0.4 is 10.2 Å². The number of nitrogens with one attached hydrogen (secondary N) is 1. The first kappa shape index (κ1) is 16.2. The van der Waals surface area contributed by atoms with Crippen LogP contribution in [0.1, 0.15) is 31.4 Å². The smallest absolute Gasteiger partial charge is 0.227 e. The van der Waals surface area contributed by atoms with E-state index in [2.05, 4.69) is 5.32 Å². The lowest BCUT2D eigenvalue weighted by Crippen LogP contribution is -2.35. The fraction of sp³-hybridized carbons (Fsp3) is 0.300. The van der Waals surface area contributed by atoms with Crippen molar-refractivity contribution in [1.82, 2.24) is 5.32 Å². The summed E-state index contributed by atoms with van der Waals surface area (Å²) in [6.07, 6.45) is 1.09. The Morgan fingerprint density at radius 2 is 1.75 bits per heavy atom. The monoisotopic (exact) mass is 322 g/mol. The molecule has 1 fully saturated rings. The van der Waals surface area contributed by atoms with Gasteiger partial charge >= 0.3 is 0 Å². The topological polar surface area (TPSA) is 49.4 Å². The van der Waals surface area contributed by atoms with Gasteiger partial charge in [0.05, 0.1) is 12.0 Å². The van der Waals surface area contributed by atoms with Gasteiger partial charge in [0.15, 0.2) is 0 Å². The van der Waals surface area contributed by atoms with Gasteiger partial charge in [0.1, 0.15) is 0 Å². The molecule has 2 aromatic rings. The average molecular weight is 322 g/mol. The summed E-state index contributed by atoms with van der Waals surface area (Å²) < 4.78 is 0. The van der Waals surface area contributed by atoms with E-state index in [1.807, 2.05) is 67.6 Å². The van der Waals surface area contributed by atoms with E-state index in [9.17, 15) is 9.59 Å². The molecule has 4 nitrogen and oxygen atoms in total. The number of nitrogens with zero attached hydrogens (tertiary/aromatic N) is 1. The number of hydrogen-bond donors (Lipinski definition) is 1. The molecule has 0 radical (unpaired) electrons. The second kappa shape index (κ2) is 7.30. The van der Waals surface area contributed by atoms with Crippen LogP contribution in [0.2, 0.25) is 0 Å². The van der Waals surface area contributed by atoms with Crippen molar-refractivity contribution in [1.29, 1.82) is 0 Å². The molecule has 2 aromatic carbocycles. The first-order chi connectivity index (χ1) is 11.7. The first-order valence-electron chi connectivity index (χ1n) is 8.39. The van der Waals surface area contributed by atoms with Crippen LogP contribution in [0.25, 0.3) is 0 Å². The minimum atomic E-state index is -0.296. The average Bonchev–Trinajstić information content (AvgIpc) is 3.03. The Kier molecular flexibility index (Phi) is 4.94. The third-order valence-electron chi connectivity index (χ3n) is 4.49. The highest BCUT2D eigenvalue weighted by atomic mass is 16.2. The summed E-state index contributed by atoms with van der Waals surface area (Å²) in [6, 6.07) is 19.5. The van der Waals surface area contributed by atoms with Gasteiger partial charge in [-0.15, -0.1) is 0 Å². The lowest BCUT2D eigenvalue weighted by atomic mass is 10.0. The Labute approximate surface area is 142 Å². The predicted molar refractivity (Wildman–Crippen MR) is 94.5 cm³/mol. The molecule has 0 aromatic heterocycles. The number of amides is 2. The second-order valence-corrected chi connectivity index (χ2v) is 6.12. The van der Waals surface area contributed by atoms with Crippen LogP contribution in [0, 0.1) is 5.92 Å². The maximum atomic E-state index is 12.6. The summed E-state index contributed by atoms with van der Waals surface area (Å²) in [5, 5.41) is 3.10. The number of anilines is 1. The van der Waals surface area contributed by atoms with Gasteiger partial charge in [-0.05, 0) is 24.1 Å². The molecular formula is C20H22N2O2. The van der Waals surface area contributed by atoms with Crippen molar-refractivity contribution < 1.29 is 9.59 Å². The molecule has 2 atom stereocenters. The van der Waals surface area contributed by atoms with Crippen molar-refractivity contribution in [2.24, 2.45) is 5.92 Å². The highest BCUT2D eigenvalue weighted by Gasteiger charge is 2.35. The molecule has 1 aliphatic heterocycles. The summed E-state index contributed by atoms with van der Waals surface area (Å²) in [5.74, 6) is -0.331. The highest BCUT2D eigenvalue weighted by molar-refractivity contribution is 6.00. The Morgan fingerprint density at radius 1 is 1.12 bits per heavy atom. The molecule has 0 aliphatic carbocycles. The Morgan fingerprint density at radius 3 is 2.38 bits per heavy atom. The quantitative estimate of drug-likeness (QED) is 0.918. The third-order valence-corrected chi connectivity index (χ3v) is 4.49. The van der Waals surface area contributed by atoms with E-state index in [0.29, 0.717) is 6.54 Å². The zero-order valence-electron chi connectivity index (χ0n) is 13.8. The number of rotatable bonds is 5. The predicted octanol–water partition coefficient (Wildman–Crippen LogP) is 3.31. The van der Waals surface area contributed by atoms with E-state index >= 15 is 0 Å². The fourth-order valence-electron chi connectivity index (χ4n) is 3.14. The molecule has 2 amide bonds. The van der Waals surface area contributed by atoms with Crippen LogP contribution in [0.3, 0.4) is 0 Å². The summed E-state index contributed by atoms with van der Waals surface area (Å²) in [6.45, 7) is 2.49. The van der Waals surface area contributed by atoms with E-state index < -0.39 is 0 Å². The van der Waals surface area contributed by atoms with Crippen LogP contribution in [0.5, 0.6) is 0 Å². The molecule has 3 rings (SSSR count). The number of carbonyl (C=O) groups is 2. The molecule has 24 heavy (non-hydrogen) atoms. The molecule has 1 heterocycles. The normalized spacial score (nSPS) is 18.5. The fourth-order valence-corrected chi connectivity index (χ4v) is 3.14. The zero-order valence-corrected chi connectivity index (χ0v) is 13.8. The Bertz CT molecular complexity index is 700. The van der Waals surface area contributed by atoms with Crippen LogP contribution in [0.15, 0.2) is 60.7 Å². The Balaban J connectivity index is 1.67. The van der Waals surface area contributed by atoms with Crippen molar-refractivity contribution >= 4 is 17.5 Å². The third kappa shape index (κ3) is 3.48. The molecule has 0 saturated carbocycles. The van der Waals surface area contributed by atoms with Gasteiger partial charge in [0.25, 0.3) is 0 Å². The summed E-state index contributed by atoms with van der Waals surface area (Å²) in [7, 11) is 0. The SMILES string of the molecule is CCC(NC(=O)C1CC(=O)N(c2ccccc2)C1)c1ccccc1. The maximum absolute atomic E-state index is 12.6. The highest BCUT2D eigenvalue weighted by Crippen LogP contribution is 2.26. The lowest BCUT2D eigenvalue weighted by Gasteiger charge is -2.20. The van der Waals surface area contributed by atoms with Gasteiger partial charge in [-0.25, -0.2) is 0 Å². The number of hydrogen-bond acceptors (Lipinski definition) is 2. The van der Waals surface area contributed by atoms with Crippen molar-refractivity contribution in [3.8, 4) is 0 Å². The minimum absolute atomic E-state index is 0.00843. The molecule has 124 valence electrons. The van der Waals surface area contributed by atoms with Gasteiger partial charge in [0, 0.05) is 18.7 Å². The summed E-state index contributed by atoms with van der Waals surface area (Å²) in [5.41, 5.74) is 1.95. The maximum Gasteiger partial charge on any atom is 0.227 e. The molecule has 2 unspecified atom stereocenters. The zero-order chi connectivity index (χ0) is 16.9. The van der Waals surface area contributed by atoms with Gasteiger partial charge in [0.2, 0.25) is 11.8 Å². The summed E-state index contributed by atoms with van der Waals surface area (Å²) >= 11 is 0. The number of benzene rings is 2. The van der Waals surface area contributed by atoms with Crippen LogP contribution in [0.4, 0.5) is 5.69 Å². The van der Waals surface area contributed by atoms with E-state index in [1.54, 1.807) is 4.90 Å². The Hall–Kier alpha value is -2.62. The van der Waals surface area contributed by atoms with Gasteiger partial charge in [-0.3, -0.25) is 9.59 Å². The van der Waals surface area contributed by atoms with Gasteiger partial charge in [-0.2, -0.15) is 0 Å². The molecule has 0 bridgehead atoms. The van der Waals surface area contributed by atoms with Gasteiger partial charge in [-0.1, -0.05) is 55.5 Å². The van der Waals surface area contributed by atoms with Crippen LogP contribution in [-0.4, -0.2) is 18.4 Å². The van der Waals surface area contributed by atoms with Crippen molar-refractivity contribution in [3.05, 3.63) is 66.2 Å². The molecule has 1 N–H and O–H groups in total. The first-order valence-corrected chi connectivity index (χ1v) is 8.39. The lowest BCUT2D eigenvalue weighted by molar-refractivity contribution is -0.127. The van der Waals surface area contributed by atoms with E-state index in [4.69, 9.17) is 0 Å². The number of para-hydroxylation sites is 1. The van der Waals surface area contributed by atoms with E-state index in [-0.39, 0.29) is 30.2 Å². The van der Waals surface area contributed by atoms with Crippen molar-refractivity contribution in [2.45, 2.75) is 25.8 Å². The number of carbonyl (C=O) groups excluding carboxylic acids is 2. The van der Waals surface area contributed by atoms with Crippen LogP contribution in [-0.2, 0) is 9.59 Å². The molecule has 0 spiro atoms. The van der Waals surface area contributed by atoms with E-state index in [0.717, 1.165) is 17.7 Å². The largest absolute Gasteiger partial charge is 0.349 e. The van der Waals surface area contributed by atoms with Crippen molar-refractivity contribution in [2.75, 3.05) is 11.4 Å². The molecule has 1 aliphatic rings. The van der Waals surface area contributed by atoms with E-state index in [1.165, 1.54) is 0 Å². The standard InChI is InChI=1S/C20H22N2O2/c1-2-18(15-9-5-3-6-10-15)21-20(24)16-13-19(23)22(14-16)17-11-7-4-8-12-17/h3-12,16,18H,2,13-14H2,1H3,(H,21,24). The molecular weight excluding hydrogens is 300 g/mol. The van der Waals surface area contributed by atoms with Gasteiger partial charge < -0.3 is 10.2 Å².